The van der Waals surface area contributed by atoms with Crippen LogP contribution in [0.15, 0.2) is 30.3 Å². The highest BCUT2D eigenvalue weighted by Crippen LogP contribution is 1.98. The number of carbonyl (C=O) groups excluding carboxylic acids is 3. The van der Waals surface area contributed by atoms with E-state index in [1.54, 1.807) is 31.2 Å². The zero-order chi connectivity index (χ0) is 13.4. The standard InChI is InChI=1S/C12H14N2O4/c1-2-18-12(17)11(16)14-13-10(15)8-9-6-4-3-5-7-9/h3-7H,2,8H2,1H3,(H,13,15)(H,14,16). The molecule has 0 radical (unpaired) electrons. The fourth-order valence-electron chi connectivity index (χ4n) is 1.20. The highest BCUT2D eigenvalue weighted by molar-refractivity contribution is 6.32. The molecule has 0 unspecified atom stereocenters. The first-order valence-electron chi connectivity index (χ1n) is 5.43. The fourth-order valence-corrected chi connectivity index (χ4v) is 1.20. The number of esters is 1. The van der Waals surface area contributed by atoms with E-state index in [0.29, 0.717) is 0 Å². The summed E-state index contributed by atoms with van der Waals surface area (Å²) in [6.45, 7) is 1.68. The van der Waals surface area contributed by atoms with E-state index in [9.17, 15) is 14.4 Å². The van der Waals surface area contributed by atoms with E-state index < -0.39 is 17.8 Å². The number of hydrazine groups is 1. The van der Waals surface area contributed by atoms with Crippen molar-refractivity contribution in [2.24, 2.45) is 0 Å². The predicted molar refractivity (Wildman–Crippen MR) is 63.1 cm³/mol. The molecule has 0 saturated heterocycles. The molecule has 1 rings (SSSR count). The van der Waals surface area contributed by atoms with Gasteiger partial charge in [-0.05, 0) is 12.5 Å². The van der Waals surface area contributed by atoms with Gasteiger partial charge in [-0.15, -0.1) is 0 Å². The van der Waals surface area contributed by atoms with E-state index >= 15 is 0 Å². The summed E-state index contributed by atoms with van der Waals surface area (Å²) in [6.07, 6.45) is 0.115. The molecule has 6 nitrogen and oxygen atoms in total. The summed E-state index contributed by atoms with van der Waals surface area (Å²) in [5.74, 6) is -2.45. The molecule has 1 aromatic rings. The molecule has 18 heavy (non-hydrogen) atoms. The van der Waals surface area contributed by atoms with Crippen LogP contribution in [0.3, 0.4) is 0 Å². The van der Waals surface area contributed by atoms with Crippen LogP contribution in [0.4, 0.5) is 0 Å². The largest absolute Gasteiger partial charge is 0.459 e. The van der Waals surface area contributed by atoms with Crippen molar-refractivity contribution >= 4 is 17.8 Å². The fraction of sp³-hybridized carbons (Fsp3) is 0.250. The van der Waals surface area contributed by atoms with Gasteiger partial charge in [-0.1, -0.05) is 30.3 Å². The van der Waals surface area contributed by atoms with Crippen molar-refractivity contribution in [3.8, 4) is 0 Å². The van der Waals surface area contributed by atoms with Gasteiger partial charge in [0.25, 0.3) is 0 Å². The summed E-state index contributed by atoms with van der Waals surface area (Å²) in [7, 11) is 0. The van der Waals surface area contributed by atoms with Crippen molar-refractivity contribution in [3.63, 3.8) is 0 Å². The molecule has 0 aliphatic heterocycles. The Bertz CT molecular complexity index is 431. The minimum atomic E-state index is -1.03. The minimum Gasteiger partial charge on any atom is -0.459 e. The highest BCUT2D eigenvalue weighted by Gasteiger charge is 2.15. The summed E-state index contributed by atoms with van der Waals surface area (Å²) >= 11 is 0. The molecule has 0 atom stereocenters. The number of carbonyl (C=O) groups is 3. The Kier molecular flexibility index (Phi) is 5.37. The maximum atomic E-state index is 11.4. The number of hydrogen-bond donors (Lipinski definition) is 2. The average Bonchev–Trinajstić information content (AvgIpc) is 2.37. The normalized spacial score (nSPS) is 9.39. The van der Waals surface area contributed by atoms with Crippen LogP contribution >= 0.6 is 0 Å². The molecule has 1 aromatic carbocycles. The van der Waals surface area contributed by atoms with Crippen molar-refractivity contribution in [2.45, 2.75) is 13.3 Å². The van der Waals surface area contributed by atoms with Crippen LogP contribution in [0.5, 0.6) is 0 Å². The molecular weight excluding hydrogens is 236 g/mol. The Hall–Kier alpha value is -2.37. The second-order valence-electron chi connectivity index (χ2n) is 3.39. The van der Waals surface area contributed by atoms with E-state index in [-0.39, 0.29) is 13.0 Å². The summed E-state index contributed by atoms with van der Waals surface area (Å²) in [4.78, 5) is 33.4. The molecule has 2 N–H and O–H groups in total. The monoisotopic (exact) mass is 250 g/mol. The summed E-state index contributed by atoms with van der Waals surface area (Å²) in [6, 6.07) is 9.02. The SMILES string of the molecule is CCOC(=O)C(=O)NNC(=O)Cc1ccccc1. The first-order valence-corrected chi connectivity index (χ1v) is 5.43. The van der Waals surface area contributed by atoms with Crippen LogP contribution in [-0.4, -0.2) is 24.4 Å². The molecule has 0 aliphatic carbocycles. The van der Waals surface area contributed by atoms with Crippen molar-refractivity contribution < 1.29 is 19.1 Å². The van der Waals surface area contributed by atoms with Crippen LogP contribution in [-0.2, 0) is 25.5 Å². The lowest BCUT2D eigenvalue weighted by atomic mass is 10.1. The molecule has 0 saturated carbocycles. The lowest BCUT2D eigenvalue weighted by Crippen LogP contribution is -2.46. The highest BCUT2D eigenvalue weighted by atomic mass is 16.5. The first kappa shape index (κ1) is 13.7. The van der Waals surface area contributed by atoms with Gasteiger partial charge < -0.3 is 4.74 Å². The van der Waals surface area contributed by atoms with Gasteiger partial charge in [0.1, 0.15) is 0 Å². The number of benzene rings is 1. The topological polar surface area (TPSA) is 84.5 Å². The van der Waals surface area contributed by atoms with Crippen molar-refractivity contribution in [1.82, 2.24) is 10.9 Å². The van der Waals surface area contributed by atoms with Gasteiger partial charge in [-0.25, -0.2) is 4.79 Å². The van der Waals surface area contributed by atoms with Crippen molar-refractivity contribution in [1.29, 1.82) is 0 Å². The average molecular weight is 250 g/mol. The summed E-state index contributed by atoms with van der Waals surface area (Å²) < 4.78 is 4.45. The quantitative estimate of drug-likeness (QED) is 0.447. The van der Waals surface area contributed by atoms with Crippen LogP contribution < -0.4 is 10.9 Å². The molecule has 0 fully saturated rings. The molecule has 0 aliphatic rings. The molecule has 2 amide bonds. The molecule has 0 spiro atoms. The zero-order valence-electron chi connectivity index (χ0n) is 9.93. The van der Waals surface area contributed by atoms with E-state index in [1.165, 1.54) is 0 Å². The van der Waals surface area contributed by atoms with Crippen LogP contribution in [0.25, 0.3) is 0 Å². The lowest BCUT2D eigenvalue weighted by molar-refractivity contribution is -0.155. The van der Waals surface area contributed by atoms with Crippen LogP contribution in [0, 0.1) is 0 Å². The van der Waals surface area contributed by atoms with E-state index in [1.807, 2.05) is 11.5 Å². The van der Waals surface area contributed by atoms with E-state index in [4.69, 9.17) is 0 Å². The number of rotatable bonds is 3. The van der Waals surface area contributed by atoms with Gasteiger partial charge >= 0.3 is 11.9 Å². The zero-order valence-corrected chi connectivity index (χ0v) is 9.93. The Balaban J connectivity index is 2.33. The number of amides is 2. The maximum absolute atomic E-state index is 11.4. The van der Waals surface area contributed by atoms with Gasteiger partial charge in [0.15, 0.2) is 0 Å². The third-order valence-corrected chi connectivity index (χ3v) is 1.98. The van der Waals surface area contributed by atoms with Crippen LogP contribution in [0.2, 0.25) is 0 Å². The molecule has 0 bridgehead atoms. The predicted octanol–water partition coefficient (Wildman–Crippen LogP) is -0.0604. The number of nitrogens with one attached hydrogen (secondary N) is 2. The Morgan fingerprint density at radius 3 is 2.39 bits per heavy atom. The summed E-state index contributed by atoms with van der Waals surface area (Å²) in [5.41, 5.74) is 4.91. The Morgan fingerprint density at radius 1 is 1.11 bits per heavy atom. The van der Waals surface area contributed by atoms with Gasteiger partial charge in [-0.2, -0.15) is 0 Å². The van der Waals surface area contributed by atoms with Crippen molar-refractivity contribution in [3.05, 3.63) is 35.9 Å². The molecule has 96 valence electrons. The van der Waals surface area contributed by atoms with E-state index in [0.717, 1.165) is 5.56 Å². The third-order valence-electron chi connectivity index (χ3n) is 1.98. The Morgan fingerprint density at radius 2 is 1.78 bits per heavy atom. The minimum absolute atomic E-state index is 0.101. The third kappa shape index (κ3) is 4.65. The summed E-state index contributed by atoms with van der Waals surface area (Å²) in [5, 5.41) is 0. The second-order valence-corrected chi connectivity index (χ2v) is 3.39. The molecule has 0 heterocycles. The van der Waals surface area contributed by atoms with E-state index in [2.05, 4.69) is 10.2 Å². The molecular formula is C12H14N2O4. The van der Waals surface area contributed by atoms with Gasteiger partial charge in [0, 0.05) is 0 Å². The lowest BCUT2D eigenvalue weighted by Gasteiger charge is -2.06. The Labute approximate surface area is 104 Å². The number of hydrogen-bond acceptors (Lipinski definition) is 4. The molecule has 6 heteroatoms. The second kappa shape index (κ2) is 7.05. The smallest absolute Gasteiger partial charge is 0.398 e. The molecule has 0 aromatic heterocycles. The van der Waals surface area contributed by atoms with Gasteiger partial charge in [-0.3, -0.25) is 20.4 Å². The van der Waals surface area contributed by atoms with Crippen LogP contribution in [0.1, 0.15) is 12.5 Å². The number of ether oxygens (including phenoxy) is 1. The van der Waals surface area contributed by atoms with Crippen molar-refractivity contribution in [2.75, 3.05) is 6.61 Å². The van der Waals surface area contributed by atoms with Gasteiger partial charge in [0.2, 0.25) is 5.91 Å². The van der Waals surface area contributed by atoms with Gasteiger partial charge in [0.05, 0.1) is 13.0 Å². The maximum Gasteiger partial charge on any atom is 0.398 e. The first-order chi connectivity index (χ1) is 8.63.